The number of imidazole rings is 1. The average molecular weight is 251 g/mol. The molecule has 0 aliphatic carbocycles. The van der Waals surface area contributed by atoms with Gasteiger partial charge in [-0.15, -0.1) is 0 Å². The minimum Gasteiger partial charge on any atom is -0.444 e. The fraction of sp³-hybridized carbons (Fsp3) is 0.583. The van der Waals surface area contributed by atoms with Gasteiger partial charge in [0.15, 0.2) is 6.29 Å². The number of nitrogens with zero attached hydrogens (tertiary/aromatic N) is 3. The summed E-state index contributed by atoms with van der Waals surface area (Å²) >= 11 is 0. The topological polar surface area (TPSA) is 64.4 Å². The van der Waals surface area contributed by atoms with Crippen molar-refractivity contribution in [2.45, 2.75) is 39.5 Å². The molecule has 1 aliphatic rings. The molecule has 1 amide bonds. The molecule has 2 rings (SSSR count). The van der Waals surface area contributed by atoms with Crippen molar-refractivity contribution in [3.05, 3.63) is 17.7 Å². The summed E-state index contributed by atoms with van der Waals surface area (Å²) in [5, 5.41) is 0. The van der Waals surface area contributed by atoms with Crippen LogP contribution in [0.15, 0.2) is 6.20 Å². The zero-order valence-corrected chi connectivity index (χ0v) is 10.8. The number of carbonyl (C=O) groups is 2. The lowest BCUT2D eigenvalue weighted by Gasteiger charge is -2.30. The fourth-order valence-electron chi connectivity index (χ4n) is 1.81. The van der Waals surface area contributed by atoms with Gasteiger partial charge in [-0.25, -0.2) is 9.78 Å². The van der Waals surface area contributed by atoms with Crippen LogP contribution in [0.5, 0.6) is 0 Å². The highest BCUT2D eigenvalue weighted by molar-refractivity contribution is 5.71. The number of amides is 1. The first-order valence-corrected chi connectivity index (χ1v) is 5.88. The normalized spacial score (nSPS) is 15.2. The minimum absolute atomic E-state index is 0.343. The Morgan fingerprint density at radius 2 is 2.17 bits per heavy atom. The summed E-state index contributed by atoms with van der Waals surface area (Å²) in [7, 11) is 0. The second kappa shape index (κ2) is 4.44. The molecule has 18 heavy (non-hydrogen) atoms. The average Bonchev–Trinajstić information content (AvgIpc) is 2.68. The third-order valence-electron chi connectivity index (χ3n) is 2.59. The van der Waals surface area contributed by atoms with Gasteiger partial charge in [0.05, 0.1) is 6.54 Å². The van der Waals surface area contributed by atoms with E-state index in [9.17, 15) is 9.59 Å². The molecule has 0 bridgehead atoms. The van der Waals surface area contributed by atoms with E-state index in [-0.39, 0.29) is 6.09 Å². The molecule has 0 saturated heterocycles. The number of rotatable bonds is 1. The Balaban J connectivity index is 2.07. The van der Waals surface area contributed by atoms with Crippen LogP contribution in [0.3, 0.4) is 0 Å². The SMILES string of the molecule is CC(C)(C)OC(=O)N1CCn2cc(C=O)nc2C1. The van der Waals surface area contributed by atoms with Crippen molar-refractivity contribution in [3.8, 4) is 0 Å². The summed E-state index contributed by atoms with van der Waals surface area (Å²) in [6.07, 6.45) is 2.07. The Kier molecular flexibility index (Phi) is 3.11. The molecule has 6 heteroatoms. The molecule has 0 spiro atoms. The van der Waals surface area contributed by atoms with Crippen LogP contribution in [-0.4, -0.2) is 39.0 Å². The molecule has 1 aromatic heterocycles. The summed E-state index contributed by atoms with van der Waals surface area (Å²) in [6, 6.07) is 0. The molecule has 0 radical (unpaired) electrons. The molecule has 0 N–H and O–H groups in total. The van der Waals surface area contributed by atoms with Crippen LogP contribution in [0.1, 0.15) is 37.1 Å². The molecule has 6 nitrogen and oxygen atoms in total. The number of fused-ring (bicyclic) bond motifs is 1. The summed E-state index contributed by atoms with van der Waals surface area (Å²) in [5.74, 6) is 0.717. The van der Waals surface area contributed by atoms with Crippen molar-refractivity contribution < 1.29 is 14.3 Å². The van der Waals surface area contributed by atoms with E-state index >= 15 is 0 Å². The summed E-state index contributed by atoms with van der Waals surface area (Å²) in [5.41, 5.74) is -0.103. The molecule has 0 unspecified atom stereocenters. The van der Waals surface area contributed by atoms with Gasteiger partial charge in [0.1, 0.15) is 17.1 Å². The number of hydrogen-bond donors (Lipinski definition) is 0. The van der Waals surface area contributed by atoms with Gasteiger partial charge in [-0.3, -0.25) is 9.69 Å². The number of aromatic nitrogens is 2. The van der Waals surface area contributed by atoms with Crippen LogP contribution >= 0.6 is 0 Å². The van der Waals surface area contributed by atoms with Crippen LogP contribution in [0, 0.1) is 0 Å². The zero-order valence-electron chi connectivity index (χ0n) is 10.8. The molecule has 0 atom stereocenters. The van der Waals surface area contributed by atoms with Crippen LogP contribution in [-0.2, 0) is 17.8 Å². The first kappa shape index (κ1) is 12.6. The van der Waals surface area contributed by atoms with Gasteiger partial charge < -0.3 is 9.30 Å². The van der Waals surface area contributed by atoms with Gasteiger partial charge in [-0.05, 0) is 20.8 Å². The third kappa shape index (κ3) is 2.69. The molecule has 0 aromatic carbocycles. The van der Waals surface area contributed by atoms with Crippen molar-refractivity contribution >= 4 is 12.4 Å². The molecular weight excluding hydrogens is 234 g/mol. The summed E-state index contributed by atoms with van der Waals surface area (Å²) in [6.45, 7) is 7.08. The van der Waals surface area contributed by atoms with Crippen molar-refractivity contribution in [2.24, 2.45) is 0 Å². The van der Waals surface area contributed by atoms with E-state index in [1.807, 2.05) is 25.3 Å². The Morgan fingerprint density at radius 3 is 2.78 bits per heavy atom. The number of carbonyl (C=O) groups excluding carboxylic acids is 2. The predicted molar refractivity (Wildman–Crippen MR) is 64.3 cm³/mol. The largest absolute Gasteiger partial charge is 0.444 e. The van der Waals surface area contributed by atoms with Crippen LogP contribution in [0.4, 0.5) is 4.79 Å². The van der Waals surface area contributed by atoms with Gasteiger partial charge in [-0.2, -0.15) is 0 Å². The van der Waals surface area contributed by atoms with E-state index in [0.29, 0.717) is 37.4 Å². The van der Waals surface area contributed by atoms with E-state index in [2.05, 4.69) is 4.98 Å². The smallest absolute Gasteiger partial charge is 0.410 e. The third-order valence-corrected chi connectivity index (χ3v) is 2.59. The highest BCUT2D eigenvalue weighted by Crippen LogP contribution is 2.16. The van der Waals surface area contributed by atoms with Gasteiger partial charge in [0.2, 0.25) is 0 Å². The molecule has 1 aromatic rings. The maximum absolute atomic E-state index is 11.9. The zero-order chi connectivity index (χ0) is 13.3. The van der Waals surface area contributed by atoms with Crippen molar-refractivity contribution in [3.63, 3.8) is 0 Å². The number of hydrogen-bond acceptors (Lipinski definition) is 4. The van der Waals surface area contributed by atoms with Gasteiger partial charge in [0, 0.05) is 19.3 Å². The number of aldehydes is 1. The Labute approximate surface area is 106 Å². The fourth-order valence-corrected chi connectivity index (χ4v) is 1.81. The van der Waals surface area contributed by atoms with Crippen molar-refractivity contribution in [2.75, 3.05) is 6.54 Å². The molecule has 98 valence electrons. The Hall–Kier alpha value is -1.85. The standard InChI is InChI=1S/C12H17N3O3/c1-12(2,3)18-11(17)15-5-4-14-6-9(8-16)13-10(14)7-15/h6,8H,4-5,7H2,1-3H3. The highest BCUT2D eigenvalue weighted by Gasteiger charge is 2.26. The lowest BCUT2D eigenvalue weighted by molar-refractivity contribution is 0.0195. The van der Waals surface area contributed by atoms with Crippen molar-refractivity contribution in [1.29, 1.82) is 0 Å². The van der Waals surface area contributed by atoms with Gasteiger partial charge >= 0.3 is 6.09 Å². The van der Waals surface area contributed by atoms with Crippen LogP contribution in [0.2, 0.25) is 0 Å². The van der Waals surface area contributed by atoms with Gasteiger partial charge in [-0.1, -0.05) is 0 Å². The van der Waals surface area contributed by atoms with Crippen molar-refractivity contribution in [1.82, 2.24) is 14.5 Å². The van der Waals surface area contributed by atoms with Gasteiger partial charge in [0.25, 0.3) is 0 Å². The van der Waals surface area contributed by atoms with Crippen LogP contribution < -0.4 is 0 Å². The molecule has 2 heterocycles. The second-order valence-electron chi connectivity index (χ2n) is 5.30. The summed E-state index contributed by atoms with van der Waals surface area (Å²) < 4.78 is 7.20. The molecule has 0 saturated carbocycles. The Bertz CT molecular complexity index is 473. The minimum atomic E-state index is -0.502. The quantitative estimate of drug-likeness (QED) is 0.708. The summed E-state index contributed by atoms with van der Waals surface area (Å²) in [4.78, 5) is 28.3. The van der Waals surface area contributed by atoms with E-state index in [4.69, 9.17) is 4.74 Å². The first-order chi connectivity index (χ1) is 8.39. The van der Waals surface area contributed by atoms with E-state index in [0.717, 1.165) is 0 Å². The highest BCUT2D eigenvalue weighted by atomic mass is 16.6. The maximum atomic E-state index is 11.9. The van der Waals surface area contributed by atoms with Crippen LogP contribution in [0.25, 0.3) is 0 Å². The molecular formula is C12H17N3O3. The monoisotopic (exact) mass is 251 g/mol. The lowest BCUT2D eigenvalue weighted by Crippen LogP contribution is -2.41. The Morgan fingerprint density at radius 1 is 1.44 bits per heavy atom. The second-order valence-corrected chi connectivity index (χ2v) is 5.30. The molecule has 1 aliphatic heterocycles. The van der Waals surface area contributed by atoms with E-state index in [1.54, 1.807) is 11.1 Å². The molecule has 0 fully saturated rings. The lowest BCUT2D eigenvalue weighted by atomic mass is 10.2. The predicted octanol–water partition coefficient (Wildman–Crippen LogP) is 1.45. The maximum Gasteiger partial charge on any atom is 0.410 e. The number of ether oxygens (including phenoxy) is 1. The van der Waals surface area contributed by atoms with E-state index in [1.165, 1.54) is 0 Å². The first-order valence-electron chi connectivity index (χ1n) is 5.88. The van der Waals surface area contributed by atoms with E-state index < -0.39 is 5.60 Å².